The maximum atomic E-state index is 16.1. The zero-order chi connectivity index (χ0) is 35.8. The summed E-state index contributed by atoms with van der Waals surface area (Å²) in [7, 11) is -0.214. The van der Waals surface area contributed by atoms with Crippen LogP contribution < -0.4 is 25.4 Å². The van der Waals surface area contributed by atoms with E-state index in [2.05, 4.69) is 36.4 Å². The third kappa shape index (κ3) is 7.12. The van der Waals surface area contributed by atoms with Crippen molar-refractivity contribution in [3.05, 3.63) is 163 Å². The fourth-order valence-corrected chi connectivity index (χ4v) is 9.72. The van der Waals surface area contributed by atoms with Crippen LogP contribution in [-0.4, -0.2) is 34.4 Å². The van der Waals surface area contributed by atoms with Gasteiger partial charge in [-0.25, -0.2) is 0 Å². The molecule has 0 radical (unpaired) electrons. The maximum absolute atomic E-state index is 16.1. The van der Waals surface area contributed by atoms with E-state index in [9.17, 15) is 0 Å². The monoisotopic (exact) mass is 708 g/mol. The Morgan fingerprint density at radius 1 is 0.538 bits per heavy atom. The molecule has 52 heavy (non-hydrogen) atoms. The van der Waals surface area contributed by atoms with Crippen LogP contribution in [0.3, 0.4) is 0 Å². The van der Waals surface area contributed by atoms with Crippen LogP contribution >= 0.6 is 7.14 Å². The van der Waals surface area contributed by atoms with Crippen LogP contribution in [-0.2, 0) is 31.8 Å². The Hall–Kier alpha value is -5.23. The van der Waals surface area contributed by atoms with Gasteiger partial charge in [0.25, 0.3) is 0 Å². The summed E-state index contributed by atoms with van der Waals surface area (Å²) in [5.74, 6) is 1.41. The van der Waals surface area contributed by atoms with Gasteiger partial charge in [0.1, 0.15) is 11.5 Å². The summed E-state index contributed by atoms with van der Waals surface area (Å²) in [4.78, 5) is 0. The highest BCUT2D eigenvalue weighted by molar-refractivity contribution is 7.85. The van der Waals surface area contributed by atoms with E-state index in [0.717, 1.165) is 65.5 Å². The van der Waals surface area contributed by atoms with Crippen molar-refractivity contribution in [1.82, 2.24) is 0 Å². The van der Waals surface area contributed by atoms with E-state index in [-0.39, 0.29) is 20.2 Å². The number of benzene rings is 7. The second-order valence-electron chi connectivity index (χ2n) is 12.4. The van der Waals surface area contributed by atoms with E-state index in [1.54, 1.807) is 14.2 Å². The summed E-state index contributed by atoms with van der Waals surface area (Å²) >= 11 is 0. The Morgan fingerprint density at radius 3 is 1.81 bits per heavy atom. The molecule has 0 aliphatic rings. The van der Waals surface area contributed by atoms with E-state index < -0.39 is 7.14 Å². The molecule has 0 bridgehead atoms. The molecule has 0 unspecified atom stereocenters. The summed E-state index contributed by atoms with van der Waals surface area (Å²) in [6, 6.07) is 50.3. The molecule has 0 fully saturated rings. The molecule has 7 aromatic rings. The van der Waals surface area contributed by atoms with Gasteiger partial charge >= 0.3 is 0 Å². The van der Waals surface area contributed by atoms with Crippen molar-refractivity contribution in [2.45, 2.75) is 13.0 Å². The van der Waals surface area contributed by atoms with Gasteiger partial charge in [-0.05, 0) is 51.7 Å². The predicted octanol–water partition coefficient (Wildman–Crippen LogP) is 9.02. The second kappa shape index (κ2) is 16.4. The van der Waals surface area contributed by atoms with Crippen molar-refractivity contribution >= 4 is 44.6 Å². The van der Waals surface area contributed by atoms with Gasteiger partial charge < -0.3 is 28.2 Å². The first kappa shape index (κ1) is 35.2. The number of fused-ring (bicyclic) bond motifs is 2. The summed E-state index contributed by atoms with van der Waals surface area (Å²) in [5, 5.41) is 6.27. The first-order valence-corrected chi connectivity index (χ1v) is 19.0. The Kier molecular flexibility index (Phi) is 11.1. The van der Waals surface area contributed by atoms with Crippen LogP contribution in [0.1, 0.15) is 11.1 Å². The van der Waals surface area contributed by atoms with Crippen LogP contribution in [0.2, 0.25) is 0 Å². The Morgan fingerprint density at radius 2 is 1.12 bits per heavy atom. The lowest BCUT2D eigenvalue weighted by molar-refractivity contribution is 0.0474. The standard InChI is InChI=1S/C45H41O6P/c1-47-31-50-41-24-14-11-16-34(41)27-28-49-30-36-29-35-17-10-13-23-40(35)44(45(36)51-32-48-2)43-39-22-12-9-15-33(39)25-26-42(43)52(46,37-18-5-3-6-19-37)38-20-7-4-8-21-38/h3-26,29H,27-28,30-32H2,1-2H3. The summed E-state index contributed by atoms with van der Waals surface area (Å²) in [6.07, 6.45) is 0.652. The number of methoxy groups -OCH3 is 2. The molecule has 7 heteroatoms. The molecule has 0 aliphatic carbocycles. The van der Waals surface area contributed by atoms with E-state index >= 15 is 4.57 Å². The van der Waals surface area contributed by atoms with Crippen LogP contribution in [0, 0.1) is 0 Å². The van der Waals surface area contributed by atoms with Gasteiger partial charge in [-0.1, -0.05) is 133 Å². The number of hydrogen-bond acceptors (Lipinski definition) is 6. The van der Waals surface area contributed by atoms with Crippen LogP contribution in [0.25, 0.3) is 32.7 Å². The quantitative estimate of drug-likeness (QED) is 0.0602. The fourth-order valence-electron chi connectivity index (χ4n) is 6.85. The zero-order valence-corrected chi connectivity index (χ0v) is 30.3. The average Bonchev–Trinajstić information content (AvgIpc) is 3.21. The minimum absolute atomic E-state index is 0.0255. The molecule has 0 aliphatic heterocycles. The van der Waals surface area contributed by atoms with Crippen molar-refractivity contribution in [2.75, 3.05) is 34.4 Å². The minimum atomic E-state index is -3.43. The van der Waals surface area contributed by atoms with Crippen molar-refractivity contribution in [3.63, 3.8) is 0 Å². The van der Waals surface area contributed by atoms with E-state index in [1.165, 1.54) is 0 Å². The van der Waals surface area contributed by atoms with Crippen LogP contribution in [0.4, 0.5) is 0 Å². The molecule has 0 aromatic heterocycles. The molecule has 0 amide bonds. The fraction of sp³-hybridized carbons (Fsp3) is 0.156. The third-order valence-corrected chi connectivity index (χ3v) is 12.3. The number of rotatable bonds is 15. The number of hydrogen-bond donors (Lipinski definition) is 0. The Labute approximate surface area is 304 Å². The van der Waals surface area contributed by atoms with Gasteiger partial charge in [-0.2, -0.15) is 0 Å². The molecule has 7 rings (SSSR count). The molecule has 262 valence electrons. The maximum Gasteiger partial charge on any atom is 0.188 e. The Balaban J connectivity index is 1.42. The zero-order valence-electron chi connectivity index (χ0n) is 29.4. The lowest BCUT2D eigenvalue weighted by atomic mass is 9.91. The molecule has 0 saturated heterocycles. The molecule has 6 nitrogen and oxygen atoms in total. The third-order valence-electron chi connectivity index (χ3n) is 9.21. The van der Waals surface area contributed by atoms with E-state index in [1.807, 2.05) is 115 Å². The first-order chi connectivity index (χ1) is 25.6. The predicted molar refractivity (Wildman–Crippen MR) is 211 cm³/mol. The highest BCUT2D eigenvalue weighted by Crippen LogP contribution is 2.50. The van der Waals surface area contributed by atoms with Gasteiger partial charge in [-0.3, -0.25) is 0 Å². The lowest BCUT2D eigenvalue weighted by Crippen LogP contribution is -2.26. The first-order valence-electron chi connectivity index (χ1n) is 17.3. The summed E-state index contributed by atoms with van der Waals surface area (Å²) in [5.41, 5.74) is 3.61. The number of ether oxygens (including phenoxy) is 5. The lowest BCUT2D eigenvalue weighted by Gasteiger charge is -2.26. The smallest absolute Gasteiger partial charge is 0.188 e. The largest absolute Gasteiger partial charge is 0.467 e. The van der Waals surface area contributed by atoms with Crippen molar-refractivity contribution in [2.24, 2.45) is 0 Å². The molecular formula is C45H41O6P. The van der Waals surface area contributed by atoms with E-state index in [4.69, 9.17) is 23.7 Å². The molecule has 0 heterocycles. The van der Waals surface area contributed by atoms with Gasteiger partial charge in [-0.15, -0.1) is 0 Å². The van der Waals surface area contributed by atoms with Gasteiger partial charge in [0.05, 0.1) is 13.2 Å². The molecule has 0 spiro atoms. The molecule has 0 saturated carbocycles. The highest BCUT2D eigenvalue weighted by Gasteiger charge is 2.34. The summed E-state index contributed by atoms with van der Waals surface area (Å²) in [6.45, 7) is 0.941. The van der Waals surface area contributed by atoms with E-state index in [0.29, 0.717) is 18.8 Å². The highest BCUT2D eigenvalue weighted by atomic mass is 31.2. The SMILES string of the molecule is COCOc1ccccc1CCOCc1cc2ccccc2c(-c2c(P(=O)(c3ccccc3)c3ccccc3)ccc3ccccc23)c1OCOC. The van der Waals surface area contributed by atoms with Gasteiger partial charge in [0, 0.05) is 46.8 Å². The van der Waals surface area contributed by atoms with Crippen molar-refractivity contribution in [1.29, 1.82) is 0 Å². The number of para-hydroxylation sites is 1. The van der Waals surface area contributed by atoms with Crippen LogP contribution in [0.15, 0.2) is 152 Å². The molecule has 0 N–H and O–H groups in total. The second-order valence-corrected chi connectivity index (χ2v) is 15.2. The topological polar surface area (TPSA) is 63.2 Å². The van der Waals surface area contributed by atoms with Gasteiger partial charge in [0.15, 0.2) is 20.7 Å². The normalized spacial score (nSPS) is 11.6. The average molecular weight is 709 g/mol. The minimum Gasteiger partial charge on any atom is -0.467 e. The van der Waals surface area contributed by atoms with Gasteiger partial charge in [0.2, 0.25) is 0 Å². The van der Waals surface area contributed by atoms with Crippen molar-refractivity contribution in [3.8, 4) is 22.6 Å². The Bertz CT molecular complexity index is 2280. The summed E-state index contributed by atoms with van der Waals surface area (Å²) < 4.78 is 45.5. The molecule has 7 aromatic carbocycles. The van der Waals surface area contributed by atoms with Crippen molar-refractivity contribution < 1.29 is 28.2 Å². The molecule has 0 atom stereocenters. The molecular weight excluding hydrogens is 667 g/mol. The van der Waals surface area contributed by atoms with Crippen LogP contribution in [0.5, 0.6) is 11.5 Å².